The third-order valence-electron chi connectivity index (χ3n) is 3.72. The summed E-state index contributed by atoms with van der Waals surface area (Å²) in [5.74, 6) is 1.40. The highest BCUT2D eigenvalue weighted by Crippen LogP contribution is 2.25. The molecule has 0 saturated carbocycles. The maximum atomic E-state index is 12.5. The molecular formula is C15H30N2O. The van der Waals surface area contributed by atoms with Crippen molar-refractivity contribution < 1.29 is 4.79 Å². The Morgan fingerprint density at radius 1 is 1.22 bits per heavy atom. The lowest BCUT2D eigenvalue weighted by molar-refractivity contribution is -0.133. The first-order chi connectivity index (χ1) is 8.38. The fraction of sp³-hybridized carbons (Fsp3) is 0.933. The number of rotatable bonds is 6. The minimum atomic E-state index is 0.0389. The van der Waals surface area contributed by atoms with Crippen molar-refractivity contribution in [2.45, 2.75) is 79.1 Å². The molecule has 0 bridgehead atoms. The highest BCUT2D eigenvalue weighted by molar-refractivity contribution is 5.84. The lowest BCUT2D eigenvalue weighted by atomic mass is 10.0. The Balaban J connectivity index is 2.80. The van der Waals surface area contributed by atoms with Gasteiger partial charge in [-0.1, -0.05) is 41.0 Å². The van der Waals surface area contributed by atoms with Gasteiger partial charge in [-0.25, -0.2) is 0 Å². The normalized spacial score (nSPS) is 26.4. The van der Waals surface area contributed by atoms with Gasteiger partial charge in [-0.3, -0.25) is 10.1 Å². The van der Waals surface area contributed by atoms with Crippen LogP contribution in [-0.4, -0.2) is 29.1 Å². The van der Waals surface area contributed by atoms with E-state index in [0.29, 0.717) is 23.8 Å². The van der Waals surface area contributed by atoms with Crippen molar-refractivity contribution in [2.24, 2.45) is 11.8 Å². The standard InChI is InChI=1S/C15H30N2O/c1-7-8-13-15(18)17(12(6)9-10(2)3)14(16-13)11(4)5/h10-14,16H,7-9H2,1-6H3. The molecule has 1 fully saturated rings. The molecule has 0 radical (unpaired) electrons. The van der Waals surface area contributed by atoms with E-state index >= 15 is 0 Å². The molecule has 1 rings (SSSR count). The van der Waals surface area contributed by atoms with Crippen LogP contribution in [0.3, 0.4) is 0 Å². The molecule has 3 atom stereocenters. The van der Waals surface area contributed by atoms with Gasteiger partial charge in [-0.05, 0) is 31.6 Å². The van der Waals surface area contributed by atoms with E-state index in [0.717, 1.165) is 19.3 Å². The fourth-order valence-corrected chi connectivity index (χ4v) is 2.97. The van der Waals surface area contributed by atoms with Gasteiger partial charge < -0.3 is 4.90 Å². The number of carbonyl (C=O) groups is 1. The SMILES string of the molecule is CCCC1NC(C(C)C)N(C(C)CC(C)C)C1=O. The Morgan fingerprint density at radius 3 is 2.28 bits per heavy atom. The summed E-state index contributed by atoms with van der Waals surface area (Å²) in [4.78, 5) is 14.6. The molecule has 106 valence electrons. The van der Waals surface area contributed by atoms with Crippen molar-refractivity contribution in [3.63, 3.8) is 0 Å². The molecule has 0 aromatic carbocycles. The lowest BCUT2D eigenvalue weighted by Crippen LogP contribution is -2.46. The van der Waals surface area contributed by atoms with Crippen LogP contribution in [0.2, 0.25) is 0 Å². The van der Waals surface area contributed by atoms with Crippen LogP contribution in [0.4, 0.5) is 0 Å². The molecule has 1 N–H and O–H groups in total. The molecule has 0 aromatic heterocycles. The first-order valence-corrected chi connectivity index (χ1v) is 7.46. The molecule has 1 aliphatic rings. The van der Waals surface area contributed by atoms with Crippen molar-refractivity contribution in [2.75, 3.05) is 0 Å². The van der Waals surface area contributed by atoms with Crippen molar-refractivity contribution in [1.29, 1.82) is 0 Å². The molecule has 3 unspecified atom stereocenters. The predicted octanol–water partition coefficient (Wildman–Crippen LogP) is 3.00. The summed E-state index contributed by atoms with van der Waals surface area (Å²) in [6.45, 7) is 13.1. The van der Waals surface area contributed by atoms with Crippen LogP contribution in [0.15, 0.2) is 0 Å². The number of nitrogens with zero attached hydrogens (tertiary/aromatic N) is 1. The summed E-state index contributed by atoms with van der Waals surface area (Å²) in [7, 11) is 0. The molecule has 1 saturated heterocycles. The molecule has 0 aliphatic carbocycles. The topological polar surface area (TPSA) is 32.3 Å². The van der Waals surface area contributed by atoms with Gasteiger partial charge in [0.25, 0.3) is 0 Å². The molecule has 18 heavy (non-hydrogen) atoms. The monoisotopic (exact) mass is 254 g/mol. The van der Waals surface area contributed by atoms with E-state index in [9.17, 15) is 4.79 Å². The third-order valence-corrected chi connectivity index (χ3v) is 3.72. The van der Waals surface area contributed by atoms with Crippen molar-refractivity contribution in [3.8, 4) is 0 Å². The average molecular weight is 254 g/mol. The van der Waals surface area contributed by atoms with Crippen molar-refractivity contribution in [1.82, 2.24) is 10.2 Å². The number of amides is 1. The number of carbonyl (C=O) groups excluding carboxylic acids is 1. The smallest absolute Gasteiger partial charge is 0.241 e. The zero-order valence-electron chi connectivity index (χ0n) is 12.9. The van der Waals surface area contributed by atoms with E-state index in [-0.39, 0.29) is 12.2 Å². The van der Waals surface area contributed by atoms with Gasteiger partial charge in [0.2, 0.25) is 5.91 Å². The van der Waals surface area contributed by atoms with E-state index in [1.54, 1.807) is 0 Å². The van der Waals surface area contributed by atoms with Crippen LogP contribution >= 0.6 is 0 Å². The highest BCUT2D eigenvalue weighted by Gasteiger charge is 2.41. The Hall–Kier alpha value is -0.570. The first kappa shape index (κ1) is 15.5. The summed E-state index contributed by atoms with van der Waals surface area (Å²) >= 11 is 0. The van der Waals surface area contributed by atoms with Crippen LogP contribution in [0.5, 0.6) is 0 Å². The van der Waals surface area contributed by atoms with E-state index in [1.165, 1.54) is 0 Å². The minimum Gasteiger partial charge on any atom is -0.323 e. The largest absolute Gasteiger partial charge is 0.323 e. The van der Waals surface area contributed by atoms with E-state index in [1.807, 2.05) is 0 Å². The fourth-order valence-electron chi connectivity index (χ4n) is 2.97. The van der Waals surface area contributed by atoms with Gasteiger partial charge in [0.15, 0.2) is 0 Å². The molecule has 1 heterocycles. The van der Waals surface area contributed by atoms with Crippen molar-refractivity contribution >= 4 is 5.91 Å². The summed E-state index contributed by atoms with van der Waals surface area (Å²) in [6, 6.07) is 0.372. The zero-order chi connectivity index (χ0) is 13.9. The third kappa shape index (κ3) is 3.47. The van der Waals surface area contributed by atoms with Gasteiger partial charge in [-0.15, -0.1) is 0 Å². The van der Waals surface area contributed by atoms with Gasteiger partial charge >= 0.3 is 0 Å². The second kappa shape index (κ2) is 6.55. The van der Waals surface area contributed by atoms with E-state index < -0.39 is 0 Å². The lowest BCUT2D eigenvalue weighted by Gasteiger charge is -2.33. The van der Waals surface area contributed by atoms with Crippen LogP contribution in [0, 0.1) is 11.8 Å². The summed E-state index contributed by atoms with van der Waals surface area (Å²) in [5.41, 5.74) is 0. The average Bonchev–Trinajstić information content (AvgIpc) is 2.56. The predicted molar refractivity (Wildman–Crippen MR) is 76.2 cm³/mol. The van der Waals surface area contributed by atoms with Crippen LogP contribution < -0.4 is 5.32 Å². The van der Waals surface area contributed by atoms with E-state index in [4.69, 9.17) is 0 Å². The second-order valence-corrected chi connectivity index (χ2v) is 6.42. The number of hydrogen-bond acceptors (Lipinski definition) is 2. The van der Waals surface area contributed by atoms with Crippen molar-refractivity contribution in [3.05, 3.63) is 0 Å². The van der Waals surface area contributed by atoms with Gasteiger partial charge in [-0.2, -0.15) is 0 Å². The highest BCUT2D eigenvalue weighted by atomic mass is 16.2. The Labute approximate surface area is 112 Å². The second-order valence-electron chi connectivity index (χ2n) is 6.42. The number of hydrogen-bond donors (Lipinski definition) is 1. The summed E-state index contributed by atoms with van der Waals surface area (Å²) < 4.78 is 0. The molecule has 1 aliphatic heterocycles. The molecule has 3 heteroatoms. The Bertz CT molecular complexity index is 276. The summed E-state index contributed by atoms with van der Waals surface area (Å²) in [5, 5.41) is 3.52. The number of nitrogens with one attached hydrogen (secondary N) is 1. The molecule has 1 amide bonds. The van der Waals surface area contributed by atoms with Crippen LogP contribution in [0.1, 0.15) is 60.8 Å². The molecule has 0 aromatic rings. The minimum absolute atomic E-state index is 0.0389. The maximum absolute atomic E-state index is 12.5. The Kier molecular flexibility index (Phi) is 5.64. The summed E-state index contributed by atoms with van der Waals surface area (Å²) in [6.07, 6.45) is 3.30. The van der Waals surface area contributed by atoms with Crippen LogP contribution in [-0.2, 0) is 4.79 Å². The van der Waals surface area contributed by atoms with Crippen LogP contribution in [0.25, 0.3) is 0 Å². The maximum Gasteiger partial charge on any atom is 0.241 e. The zero-order valence-corrected chi connectivity index (χ0v) is 12.9. The Morgan fingerprint density at radius 2 is 1.83 bits per heavy atom. The molecular weight excluding hydrogens is 224 g/mol. The first-order valence-electron chi connectivity index (χ1n) is 7.46. The quantitative estimate of drug-likeness (QED) is 0.790. The van der Waals surface area contributed by atoms with Gasteiger partial charge in [0, 0.05) is 6.04 Å². The molecule has 3 nitrogen and oxygen atoms in total. The van der Waals surface area contributed by atoms with E-state index in [2.05, 4.69) is 51.8 Å². The van der Waals surface area contributed by atoms with Gasteiger partial charge in [0.05, 0.1) is 12.2 Å². The molecule has 0 spiro atoms. The van der Waals surface area contributed by atoms with Gasteiger partial charge in [0.1, 0.15) is 0 Å².